The molecule has 236 valence electrons. The van der Waals surface area contributed by atoms with Crippen molar-refractivity contribution >= 4 is 0 Å². The maximum absolute atomic E-state index is 6.60. The Balaban J connectivity index is 1.33. The third-order valence-electron chi connectivity index (χ3n) is 9.64. The molecule has 1 aliphatic heterocycles. The Morgan fingerprint density at radius 3 is 1.54 bits per heavy atom. The van der Waals surface area contributed by atoms with E-state index in [2.05, 4.69) is 158 Å². The van der Waals surface area contributed by atoms with E-state index in [1.807, 2.05) is 36.4 Å². The fourth-order valence-electron chi connectivity index (χ4n) is 7.41. The molecular formula is C47H32N2O. The first-order valence-corrected chi connectivity index (χ1v) is 16.9. The lowest BCUT2D eigenvalue weighted by molar-refractivity contribution is 0.434. The van der Waals surface area contributed by atoms with Crippen LogP contribution in [0.1, 0.15) is 22.3 Å². The third kappa shape index (κ3) is 4.99. The van der Waals surface area contributed by atoms with Gasteiger partial charge in [0.2, 0.25) is 0 Å². The summed E-state index contributed by atoms with van der Waals surface area (Å²) in [6.07, 6.45) is 0. The van der Waals surface area contributed by atoms with Crippen molar-refractivity contribution in [3.05, 3.63) is 216 Å². The maximum atomic E-state index is 6.60. The van der Waals surface area contributed by atoms with Crippen LogP contribution in [0.15, 0.2) is 194 Å². The van der Waals surface area contributed by atoms with Gasteiger partial charge in [-0.2, -0.15) is 0 Å². The molecule has 2 heterocycles. The van der Waals surface area contributed by atoms with Gasteiger partial charge in [-0.15, -0.1) is 0 Å². The fraction of sp³-hybridized carbons (Fsp3) is 0.0213. The van der Waals surface area contributed by atoms with E-state index in [-0.39, 0.29) is 0 Å². The minimum Gasteiger partial charge on any atom is -0.457 e. The van der Waals surface area contributed by atoms with Crippen molar-refractivity contribution in [3.8, 4) is 56.5 Å². The van der Waals surface area contributed by atoms with E-state index in [1.165, 1.54) is 5.56 Å². The summed E-state index contributed by atoms with van der Waals surface area (Å²) in [6, 6.07) is 67.8. The van der Waals surface area contributed by atoms with Crippen LogP contribution in [0.5, 0.6) is 11.5 Å². The zero-order valence-corrected chi connectivity index (χ0v) is 27.3. The molecule has 0 radical (unpaired) electrons. The van der Waals surface area contributed by atoms with E-state index in [9.17, 15) is 0 Å². The smallest absolute Gasteiger partial charge is 0.160 e. The Bertz CT molecular complexity index is 2410. The Morgan fingerprint density at radius 2 is 0.860 bits per heavy atom. The van der Waals surface area contributed by atoms with E-state index < -0.39 is 5.41 Å². The van der Waals surface area contributed by atoms with E-state index in [1.54, 1.807) is 0 Å². The zero-order valence-electron chi connectivity index (χ0n) is 27.3. The SMILES string of the molecule is c1ccc(-c2cccc(-c3cc(-c4ccccc4C4(c5ccccc5)c5ccccc5Oc5ccccc54)nc(-c4ccccc4)n3)c2)cc1. The van der Waals surface area contributed by atoms with Gasteiger partial charge in [-0.05, 0) is 46.5 Å². The topological polar surface area (TPSA) is 35.0 Å². The van der Waals surface area contributed by atoms with Crippen LogP contribution < -0.4 is 4.74 Å². The van der Waals surface area contributed by atoms with Gasteiger partial charge in [-0.1, -0.05) is 170 Å². The Morgan fingerprint density at radius 1 is 0.360 bits per heavy atom. The molecular weight excluding hydrogens is 609 g/mol. The van der Waals surface area contributed by atoms with E-state index >= 15 is 0 Å². The molecule has 1 aromatic heterocycles. The van der Waals surface area contributed by atoms with Crippen molar-refractivity contribution in [2.75, 3.05) is 0 Å². The number of aromatic nitrogens is 2. The van der Waals surface area contributed by atoms with E-state index in [0.717, 1.165) is 67.4 Å². The minimum absolute atomic E-state index is 0.680. The van der Waals surface area contributed by atoms with Crippen LogP contribution in [0.4, 0.5) is 0 Å². The van der Waals surface area contributed by atoms with E-state index in [4.69, 9.17) is 14.7 Å². The number of ether oxygens (including phenoxy) is 1. The van der Waals surface area contributed by atoms with Crippen LogP contribution in [0.2, 0.25) is 0 Å². The van der Waals surface area contributed by atoms with Crippen molar-refractivity contribution in [2.24, 2.45) is 0 Å². The average Bonchev–Trinajstić information content (AvgIpc) is 3.21. The summed E-state index contributed by atoms with van der Waals surface area (Å²) in [4.78, 5) is 10.5. The minimum atomic E-state index is -0.686. The fourth-order valence-corrected chi connectivity index (χ4v) is 7.41. The molecule has 0 saturated heterocycles. The Kier molecular flexibility index (Phi) is 7.37. The summed E-state index contributed by atoms with van der Waals surface area (Å²) in [7, 11) is 0. The number of benzene rings is 7. The maximum Gasteiger partial charge on any atom is 0.160 e. The number of hydrogen-bond acceptors (Lipinski definition) is 3. The van der Waals surface area contributed by atoms with Crippen LogP contribution in [-0.2, 0) is 5.41 Å². The first kappa shape index (κ1) is 29.6. The number of hydrogen-bond donors (Lipinski definition) is 0. The molecule has 7 aromatic carbocycles. The Hall–Kier alpha value is -6.58. The summed E-state index contributed by atoms with van der Waals surface area (Å²) in [5.41, 5.74) is 10.8. The van der Waals surface area contributed by atoms with Crippen LogP contribution >= 0.6 is 0 Å². The van der Waals surface area contributed by atoms with Crippen molar-refractivity contribution in [1.82, 2.24) is 9.97 Å². The van der Waals surface area contributed by atoms with Crippen LogP contribution in [0, 0.1) is 0 Å². The van der Waals surface area contributed by atoms with Crippen LogP contribution in [-0.4, -0.2) is 9.97 Å². The second-order valence-corrected chi connectivity index (χ2v) is 12.5. The van der Waals surface area contributed by atoms with Crippen molar-refractivity contribution < 1.29 is 4.74 Å². The molecule has 0 N–H and O–H groups in total. The second kappa shape index (κ2) is 12.5. The molecule has 0 fully saturated rings. The molecule has 3 heteroatoms. The van der Waals surface area contributed by atoms with Gasteiger partial charge < -0.3 is 4.74 Å². The summed E-state index contributed by atoms with van der Waals surface area (Å²) in [6.45, 7) is 0. The standard InChI is InChI=1S/C47H32N2O/c1-4-17-33(18-5-1)35-21-16-22-36(31-35)42-32-43(49-46(48-42)34-19-6-2-7-20-34)38-25-10-11-26-39(38)47(37-23-8-3-9-24-37)40-27-12-14-29-44(40)50-45-30-15-13-28-41(45)47/h1-32H. The van der Waals surface area contributed by atoms with Gasteiger partial charge >= 0.3 is 0 Å². The molecule has 0 saturated carbocycles. The molecule has 0 amide bonds. The van der Waals surface area contributed by atoms with Gasteiger partial charge in [0.25, 0.3) is 0 Å². The average molecular weight is 641 g/mol. The van der Waals surface area contributed by atoms with Crippen molar-refractivity contribution in [2.45, 2.75) is 5.41 Å². The predicted molar refractivity (Wildman–Crippen MR) is 202 cm³/mol. The molecule has 0 atom stereocenters. The molecule has 50 heavy (non-hydrogen) atoms. The van der Waals surface area contributed by atoms with Gasteiger partial charge in [0, 0.05) is 27.8 Å². The quantitative estimate of drug-likeness (QED) is 0.181. The number of fused-ring (bicyclic) bond motifs is 2. The molecule has 3 nitrogen and oxygen atoms in total. The molecule has 9 rings (SSSR count). The molecule has 0 aliphatic carbocycles. The molecule has 0 unspecified atom stereocenters. The summed E-state index contributed by atoms with van der Waals surface area (Å²) in [5, 5.41) is 0. The molecule has 0 spiro atoms. The number of nitrogens with zero attached hydrogens (tertiary/aromatic N) is 2. The lowest BCUT2D eigenvalue weighted by atomic mass is 9.62. The third-order valence-corrected chi connectivity index (χ3v) is 9.64. The predicted octanol–water partition coefficient (Wildman–Crippen LogP) is 11.6. The highest BCUT2D eigenvalue weighted by Crippen LogP contribution is 2.56. The summed E-state index contributed by atoms with van der Waals surface area (Å²) in [5.74, 6) is 2.37. The van der Waals surface area contributed by atoms with Gasteiger partial charge in [0.15, 0.2) is 5.82 Å². The first-order chi connectivity index (χ1) is 24.8. The Labute approximate surface area is 292 Å². The van der Waals surface area contributed by atoms with E-state index in [0.29, 0.717) is 5.82 Å². The first-order valence-electron chi connectivity index (χ1n) is 16.9. The van der Waals surface area contributed by atoms with Gasteiger partial charge in [0.1, 0.15) is 11.5 Å². The van der Waals surface area contributed by atoms with Gasteiger partial charge in [-0.3, -0.25) is 0 Å². The molecule has 8 aromatic rings. The zero-order chi connectivity index (χ0) is 33.3. The van der Waals surface area contributed by atoms with Crippen molar-refractivity contribution in [1.29, 1.82) is 0 Å². The lowest BCUT2D eigenvalue weighted by Crippen LogP contribution is -2.34. The monoisotopic (exact) mass is 640 g/mol. The number of rotatable bonds is 6. The lowest BCUT2D eigenvalue weighted by Gasteiger charge is -2.42. The second-order valence-electron chi connectivity index (χ2n) is 12.5. The highest BCUT2D eigenvalue weighted by molar-refractivity contribution is 5.80. The molecule has 0 bridgehead atoms. The normalized spacial score (nSPS) is 12.7. The molecule has 1 aliphatic rings. The largest absolute Gasteiger partial charge is 0.457 e. The van der Waals surface area contributed by atoms with Gasteiger partial charge in [-0.25, -0.2) is 9.97 Å². The highest BCUT2D eigenvalue weighted by Gasteiger charge is 2.46. The number of para-hydroxylation sites is 2. The van der Waals surface area contributed by atoms with Crippen LogP contribution in [0.3, 0.4) is 0 Å². The van der Waals surface area contributed by atoms with Crippen LogP contribution in [0.25, 0.3) is 45.0 Å². The van der Waals surface area contributed by atoms with Gasteiger partial charge in [0.05, 0.1) is 16.8 Å². The van der Waals surface area contributed by atoms with Crippen molar-refractivity contribution in [3.63, 3.8) is 0 Å². The summed E-state index contributed by atoms with van der Waals surface area (Å²) >= 11 is 0. The summed E-state index contributed by atoms with van der Waals surface area (Å²) < 4.78 is 6.60. The highest BCUT2D eigenvalue weighted by atomic mass is 16.5.